The maximum atomic E-state index is 12.7. The molecular formula is C32H60N2O2. The largest absolute Gasteiger partial charge is 0.465 e. The zero-order valence-electron chi connectivity index (χ0n) is 24.3. The van der Waals surface area contributed by atoms with Gasteiger partial charge in [0.2, 0.25) is 0 Å². The minimum absolute atomic E-state index is 0.0663. The fraction of sp³-hybridized carbons (Fsp3) is 0.781. The van der Waals surface area contributed by atoms with Crippen LogP contribution in [0.4, 0.5) is 0 Å². The lowest BCUT2D eigenvalue weighted by atomic mass is 9.94. The first kappa shape index (κ1) is 34.5. The molecule has 0 radical (unpaired) electrons. The maximum absolute atomic E-state index is 12.7. The van der Waals surface area contributed by atoms with Crippen molar-refractivity contribution in [3.05, 3.63) is 37.2 Å². The molecule has 0 aromatic rings. The number of allylic oxidation sites excluding steroid dienone is 3. The molecule has 0 aliphatic rings. The second kappa shape index (κ2) is 28.0. The first-order valence-electron chi connectivity index (χ1n) is 15.2. The van der Waals surface area contributed by atoms with E-state index in [9.17, 15) is 4.79 Å². The Morgan fingerprint density at radius 2 is 1.39 bits per heavy atom. The van der Waals surface area contributed by atoms with E-state index in [1.807, 2.05) is 13.0 Å². The fourth-order valence-corrected chi connectivity index (χ4v) is 4.44. The van der Waals surface area contributed by atoms with Gasteiger partial charge in [-0.25, -0.2) is 0 Å². The Labute approximate surface area is 225 Å². The molecule has 0 aromatic heterocycles. The average molecular weight is 505 g/mol. The molecule has 0 rings (SSSR count). The molecule has 0 aliphatic heterocycles. The lowest BCUT2D eigenvalue weighted by Crippen LogP contribution is -2.21. The molecule has 0 saturated carbocycles. The lowest BCUT2D eigenvalue weighted by Gasteiger charge is -2.16. The van der Waals surface area contributed by atoms with Crippen molar-refractivity contribution < 1.29 is 9.53 Å². The lowest BCUT2D eigenvalue weighted by molar-refractivity contribution is -0.149. The van der Waals surface area contributed by atoms with Gasteiger partial charge < -0.3 is 15.0 Å². The van der Waals surface area contributed by atoms with Crippen molar-refractivity contribution >= 4 is 5.97 Å². The number of nitrogens with zero attached hydrogens (tertiary/aromatic N) is 1. The minimum Gasteiger partial charge on any atom is -0.465 e. The van der Waals surface area contributed by atoms with Gasteiger partial charge in [-0.1, -0.05) is 110 Å². The van der Waals surface area contributed by atoms with E-state index in [4.69, 9.17) is 4.74 Å². The summed E-state index contributed by atoms with van der Waals surface area (Å²) in [6.07, 6.45) is 30.2. The van der Waals surface area contributed by atoms with Crippen molar-refractivity contribution in [3.63, 3.8) is 0 Å². The second-order valence-electron chi connectivity index (χ2n) is 10.1. The Balaban J connectivity index is 3.89. The standard InChI is InChI=1S/C32H60N2O2/c1-5-9-12-14-15-19-24-31(23-18-13-10-6-2)32(35)36-30-21-17-16-20-25-33-26-22-29-34(27-8-4)28-11-7-3/h7-8,11,27-28,31,33H,3,5-6,9-10,12-26,29-30H2,1-2,4H3/b27-8-,28-11-. The number of hydrogen-bond donors (Lipinski definition) is 1. The van der Waals surface area contributed by atoms with Gasteiger partial charge in [0.1, 0.15) is 0 Å². The molecule has 0 aromatic carbocycles. The highest BCUT2D eigenvalue weighted by Crippen LogP contribution is 2.20. The maximum Gasteiger partial charge on any atom is 0.308 e. The van der Waals surface area contributed by atoms with Crippen molar-refractivity contribution in [2.75, 3.05) is 26.2 Å². The number of esters is 1. The van der Waals surface area contributed by atoms with E-state index >= 15 is 0 Å². The van der Waals surface area contributed by atoms with E-state index in [-0.39, 0.29) is 11.9 Å². The van der Waals surface area contributed by atoms with Gasteiger partial charge in [0.25, 0.3) is 0 Å². The highest BCUT2D eigenvalue weighted by molar-refractivity contribution is 5.72. The van der Waals surface area contributed by atoms with E-state index in [0.29, 0.717) is 6.61 Å². The summed E-state index contributed by atoms with van der Waals surface area (Å²) < 4.78 is 5.71. The smallest absolute Gasteiger partial charge is 0.308 e. The third kappa shape index (κ3) is 22.9. The molecule has 0 amide bonds. The number of hydrogen-bond acceptors (Lipinski definition) is 4. The number of rotatable bonds is 27. The van der Waals surface area contributed by atoms with Crippen LogP contribution in [0, 0.1) is 5.92 Å². The van der Waals surface area contributed by atoms with Gasteiger partial charge in [0.05, 0.1) is 12.5 Å². The number of ether oxygens (including phenoxy) is 1. The first-order valence-corrected chi connectivity index (χ1v) is 15.2. The molecule has 0 spiro atoms. The quantitative estimate of drug-likeness (QED) is 0.0688. The van der Waals surface area contributed by atoms with Crippen LogP contribution in [0.15, 0.2) is 37.2 Å². The first-order chi connectivity index (χ1) is 17.7. The molecule has 0 saturated heterocycles. The van der Waals surface area contributed by atoms with Crippen LogP contribution in [0.5, 0.6) is 0 Å². The van der Waals surface area contributed by atoms with Crippen molar-refractivity contribution in [3.8, 4) is 0 Å². The number of carbonyl (C=O) groups excluding carboxylic acids is 1. The van der Waals surface area contributed by atoms with Crippen molar-refractivity contribution in [1.29, 1.82) is 0 Å². The van der Waals surface area contributed by atoms with Crippen molar-refractivity contribution in [2.24, 2.45) is 5.92 Å². The molecule has 1 atom stereocenters. The molecule has 0 fully saturated rings. The van der Waals surface area contributed by atoms with Crippen LogP contribution in [-0.2, 0) is 9.53 Å². The summed E-state index contributed by atoms with van der Waals surface area (Å²) in [7, 11) is 0. The molecule has 0 aliphatic carbocycles. The number of unbranched alkanes of at least 4 members (excludes halogenated alkanes) is 11. The Morgan fingerprint density at radius 3 is 2.06 bits per heavy atom. The topological polar surface area (TPSA) is 41.6 Å². The number of carbonyl (C=O) groups is 1. The summed E-state index contributed by atoms with van der Waals surface area (Å²) in [4.78, 5) is 14.9. The summed E-state index contributed by atoms with van der Waals surface area (Å²) in [5.74, 6) is 0.185. The summed E-state index contributed by atoms with van der Waals surface area (Å²) >= 11 is 0. The third-order valence-corrected chi connectivity index (χ3v) is 6.66. The molecule has 0 heterocycles. The normalized spacial score (nSPS) is 12.4. The summed E-state index contributed by atoms with van der Waals surface area (Å²) in [5.41, 5.74) is 0. The van der Waals surface area contributed by atoms with Gasteiger partial charge in [0, 0.05) is 12.7 Å². The van der Waals surface area contributed by atoms with Gasteiger partial charge in [-0.15, -0.1) is 0 Å². The fourth-order valence-electron chi connectivity index (χ4n) is 4.44. The Hall–Kier alpha value is -1.55. The highest BCUT2D eigenvalue weighted by Gasteiger charge is 2.19. The zero-order chi connectivity index (χ0) is 26.5. The average Bonchev–Trinajstić information content (AvgIpc) is 2.88. The zero-order valence-corrected chi connectivity index (χ0v) is 24.3. The summed E-state index contributed by atoms with van der Waals surface area (Å²) in [5, 5.41) is 3.55. The molecule has 4 nitrogen and oxygen atoms in total. The van der Waals surface area contributed by atoms with Crippen LogP contribution in [0.25, 0.3) is 0 Å². The van der Waals surface area contributed by atoms with Gasteiger partial charge in [-0.3, -0.25) is 4.79 Å². The third-order valence-electron chi connectivity index (χ3n) is 6.66. The van der Waals surface area contributed by atoms with Gasteiger partial charge in [-0.2, -0.15) is 0 Å². The Bertz CT molecular complexity index is 544. The molecule has 1 N–H and O–H groups in total. The predicted molar refractivity (Wildman–Crippen MR) is 158 cm³/mol. The molecule has 0 bridgehead atoms. The Kier molecular flexibility index (Phi) is 26.8. The Morgan fingerprint density at radius 1 is 0.806 bits per heavy atom. The summed E-state index contributed by atoms with van der Waals surface area (Å²) in [6, 6.07) is 0. The van der Waals surface area contributed by atoms with Crippen molar-refractivity contribution in [2.45, 2.75) is 130 Å². The van der Waals surface area contributed by atoms with Crippen molar-refractivity contribution in [1.82, 2.24) is 10.2 Å². The van der Waals surface area contributed by atoms with E-state index < -0.39 is 0 Å². The predicted octanol–water partition coefficient (Wildman–Crippen LogP) is 8.94. The summed E-state index contributed by atoms with van der Waals surface area (Å²) in [6.45, 7) is 13.9. The van der Waals surface area contributed by atoms with Crippen LogP contribution in [-0.4, -0.2) is 37.1 Å². The monoisotopic (exact) mass is 504 g/mol. The van der Waals surface area contributed by atoms with Crippen LogP contribution in [0.2, 0.25) is 0 Å². The van der Waals surface area contributed by atoms with Gasteiger partial charge in [-0.05, 0) is 64.4 Å². The SMILES string of the molecule is C=C/C=C\N(/C=C\C)CCCNCCCCCCOC(=O)C(CCCCCC)CCCCCCCC. The van der Waals surface area contributed by atoms with Crippen LogP contribution in [0.1, 0.15) is 130 Å². The van der Waals surface area contributed by atoms with Gasteiger partial charge in [0.15, 0.2) is 0 Å². The van der Waals surface area contributed by atoms with Crippen LogP contribution in [0.3, 0.4) is 0 Å². The molecule has 1 unspecified atom stereocenters. The molecular weight excluding hydrogens is 444 g/mol. The molecule has 36 heavy (non-hydrogen) atoms. The highest BCUT2D eigenvalue weighted by atomic mass is 16.5. The molecule has 210 valence electrons. The van der Waals surface area contributed by atoms with E-state index in [1.54, 1.807) is 6.08 Å². The van der Waals surface area contributed by atoms with Crippen LogP contribution < -0.4 is 5.32 Å². The second-order valence-corrected chi connectivity index (χ2v) is 10.1. The number of nitrogens with one attached hydrogen (secondary N) is 1. The van der Waals surface area contributed by atoms with E-state index in [0.717, 1.165) is 58.2 Å². The van der Waals surface area contributed by atoms with Crippen LogP contribution >= 0.6 is 0 Å². The van der Waals surface area contributed by atoms with Gasteiger partial charge >= 0.3 is 5.97 Å². The van der Waals surface area contributed by atoms with E-state index in [2.05, 4.69) is 49.1 Å². The minimum atomic E-state index is 0.0663. The molecule has 4 heteroatoms. The van der Waals surface area contributed by atoms with E-state index in [1.165, 1.54) is 70.6 Å².